The van der Waals surface area contributed by atoms with Gasteiger partial charge >= 0.3 is 0 Å². The van der Waals surface area contributed by atoms with Crippen LogP contribution in [0.4, 0.5) is 0 Å². The van der Waals surface area contributed by atoms with E-state index in [4.69, 9.17) is 11.6 Å². The molecular formula is C17H29ClN2O. The minimum Gasteiger partial charge on any atom is -0.389 e. The molecule has 0 radical (unpaired) electrons. The van der Waals surface area contributed by atoms with E-state index in [0.29, 0.717) is 22.8 Å². The molecule has 0 aliphatic heterocycles. The Balaban J connectivity index is 2.12. The van der Waals surface area contributed by atoms with E-state index in [2.05, 4.69) is 25.9 Å². The average Bonchev–Trinajstić information content (AvgIpc) is 2.56. The third-order valence-corrected chi connectivity index (χ3v) is 5.63. The maximum absolute atomic E-state index is 11.0. The SMILES string of the molecule is Cc1nn(C)c(CC2(O)CCCC(C(C)(C)C)CC2)c1Cl. The Morgan fingerprint density at radius 3 is 2.52 bits per heavy atom. The molecule has 2 rings (SSSR count). The van der Waals surface area contributed by atoms with E-state index < -0.39 is 5.60 Å². The smallest absolute Gasteiger partial charge is 0.0848 e. The maximum Gasteiger partial charge on any atom is 0.0848 e. The average molecular weight is 313 g/mol. The van der Waals surface area contributed by atoms with Gasteiger partial charge in [-0.1, -0.05) is 38.8 Å². The molecule has 1 aliphatic carbocycles. The van der Waals surface area contributed by atoms with E-state index in [0.717, 1.165) is 37.1 Å². The van der Waals surface area contributed by atoms with Gasteiger partial charge in [0.1, 0.15) is 0 Å². The van der Waals surface area contributed by atoms with Gasteiger partial charge in [-0.2, -0.15) is 5.10 Å². The van der Waals surface area contributed by atoms with Crippen molar-refractivity contribution in [2.45, 2.75) is 71.8 Å². The van der Waals surface area contributed by atoms with Crippen LogP contribution >= 0.6 is 11.6 Å². The lowest BCUT2D eigenvalue weighted by atomic mass is 9.76. The summed E-state index contributed by atoms with van der Waals surface area (Å²) in [5, 5.41) is 16.1. The summed E-state index contributed by atoms with van der Waals surface area (Å²) < 4.78 is 1.82. The zero-order valence-electron chi connectivity index (χ0n) is 14.0. The molecule has 4 heteroatoms. The monoisotopic (exact) mass is 312 g/mol. The molecule has 120 valence electrons. The fraction of sp³-hybridized carbons (Fsp3) is 0.824. The molecule has 1 aliphatic rings. The number of halogens is 1. The Morgan fingerprint density at radius 2 is 2.00 bits per heavy atom. The topological polar surface area (TPSA) is 38.0 Å². The molecule has 3 nitrogen and oxygen atoms in total. The number of hydrogen-bond acceptors (Lipinski definition) is 2. The Morgan fingerprint density at radius 1 is 1.33 bits per heavy atom. The molecule has 0 bridgehead atoms. The Hall–Kier alpha value is -0.540. The number of aryl methyl sites for hydroxylation is 2. The minimum atomic E-state index is -0.635. The summed E-state index contributed by atoms with van der Waals surface area (Å²) in [4.78, 5) is 0. The molecule has 21 heavy (non-hydrogen) atoms. The van der Waals surface area contributed by atoms with Crippen molar-refractivity contribution in [1.29, 1.82) is 0 Å². The van der Waals surface area contributed by atoms with Gasteiger partial charge in [-0.15, -0.1) is 0 Å². The first kappa shape index (κ1) is 16.8. The quantitative estimate of drug-likeness (QED) is 0.828. The van der Waals surface area contributed by atoms with Crippen LogP contribution in [0.25, 0.3) is 0 Å². The highest BCUT2D eigenvalue weighted by Crippen LogP contribution is 2.41. The van der Waals surface area contributed by atoms with E-state index in [1.54, 1.807) is 0 Å². The van der Waals surface area contributed by atoms with E-state index in [-0.39, 0.29) is 0 Å². The van der Waals surface area contributed by atoms with Crippen LogP contribution in [0, 0.1) is 18.3 Å². The van der Waals surface area contributed by atoms with Gasteiger partial charge in [0.2, 0.25) is 0 Å². The molecule has 0 saturated heterocycles. The molecule has 1 N–H and O–H groups in total. The third kappa shape index (κ3) is 3.81. The fourth-order valence-electron chi connectivity index (χ4n) is 3.62. The summed E-state index contributed by atoms with van der Waals surface area (Å²) in [5.74, 6) is 0.690. The summed E-state index contributed by atoms with van der Waals surface area (Å²) >= 11 is 6.34. The van der Waals surface area contributed by atoms with Crippen molar-refractivity contribution in [3.8, 4) is 0 Å². The molecule has 1 saturated carbocycles. The Labute approximate surface area is 133 Å². The second kappa shape index (κ2) is 5.92. The van der Waals surface area contributed by atoms with E-state index >= 15 is 0 Å². The van der Waals surface area contributed by atoms with Gasteiger partial charge in [0.05, 0.1) is 22.0 Å². The zero-order chi connectivity index (χ0) is 15.8. The first-order chi connectivity index (χ1) is 9.62. The van der Waals surface area contributed by atoms with Gasteiger partial charge < -0.3 is 5.11 Å². The maximum atomic E-state index is 11.0. The lowest BCUT2D eigenvalue weighted by molar-refractivity contribution is 0.0209. The van der Waals surface area contributed by atoms with Gasteiger partial charge in [0, 0.05) is 13.5 Å². The summed E-state index contributed by atoms with van der Waals surface area (Å²) in [7, 11) is 1.91. The van der Waals surface area contributed by atoms with Crippen LogP contribution < -0.4 is 0 Å². The number of nitrogens with zero attached hydrogens (tertiary/aromatic N) is 2. The third-order valence-electron chi connectivity index (χ3n) is 5.14. The predicted octanol–water partition coefficient (Wildman–Crippen LogP) is 4.28. The summed E-state index contributed by atoms with van der Waals surface area (Å²) in [6.45, 7) is 8.84. The second-order valence-corrected chi connectivity index (χ2v) is 8.24. The van der Waals surface area contributed by atoms with Crippen LogP contribution in [-0.2, 0) is 13.5 Å². The molecular weight excluding hydrogens is 284 g/mol. The number of hydrogen-bond donors (Lipinski definition) is 1. The predicted molar refractivity (Wildman–Crippen MR) is 87.6 cm³/mol. The lowest BCUT2D eigenvalue weighted by Crippen LogP contribution is -2.32. The fourth-order valence-corrected chi connectivity index (χ4v) is 3.84. The normalized spacial score (nSPS) is 27.7. The van der Waals surface area contributed by atoms with Gasteiger partial charge in [0.25, 0.3) is 0 Å². The van der Waals surface area contributed by atoms with Crippen LogP contribution in [0.3, 0.4) is 0 Å². The Bertz CT molecular complexity index is 504. The van der Waals surface area contributed by atoms with Crippen LogP contribution in [0.15, 0.2) is 0 Å². The molecule has 1 heterocycles. The standard InChI is InChI=1S/C17H29ClN2O/c1-12-15(18)14(20(5)19-12)11-17(21)9-6-7-13(8-10-17)16(2,3)4/h13,21H,6-11H2,1-5H3. The molecule has 2 unspecified atom stereocenters. The minimum absolute atomic E-state index is 0.325. The van der Waals surface area contributed by atoms with Gasteiger partial charge in [-0.25, -0.2) is 0 Å². The van der Waals surface area contributed by atoms with Gasteiger partial charge in [0.15, 0.2) is 0 Å². The summed E-state index contributed by atoms with van der Waals surface area (Å²) in [6.07, 6.45) is 5.72. The van der Waals surface area contributed by atoms with Crippen LogP contribution in [0.1, 0.15) is 64.3 Å². The number of rotatable bonds is 2. The van der Waals surface area contributed by atoms with Gasteiger partial charge in [-0.05, 0) is 43.9 Å². The van der Waals surface area contributed by atoms with E-state index in [1.807, 2.05) is 18.7 Å². The highest BCUT2D eigenvalue weighted by Gasteiger charge is 2.36. The van der Waals surface area contributed by atoms with Crippen LogP contribution in [-0.4, -0.2) is 20.5 Å². The van der Waals surface area contributed by atoms with Gasteiger partial charge in [-0.3, -0.25) is 4.68 Å². The largest absolute Gasteiger partial charge is 0.389 e. The van der Waals surface area contributed by atoms with Crippen molar-refractivity contribution in [1.82, 2.24) is 9.78 Å². The number of aromatic nitrogens is 2. The van der Waals surface area contributed by atoms with Crippen molar-refractivity contribution < 1.29 is 5.11 Å². The van der Waals surface area contributed by atoms with Crippen molar-refractivity contribution in [2.24, 2.45) is 18.4 Å². The summed E-state index contributed by atoms with van der Waals surface area (Å²) in [6, 6.07) is 0. The molecule has 1 fully saturated rings. The first-order valence-electron chi connectivity index (χ1n) is 8.03. The first-order valence-corrected chi connectivity index (χ1v) is 8.40. The highest BCUT2D eigenvalue weighted by atomic mass is 35.5. The highest BCUT2D eigenvalue weighted by molar-refractivity contribution is 6.31. The van der Waals surface area contributed by atoms with Crippen LogP contribution in [0.2, 0.25) is 5.02 Å². The second-order valence-electron chi connectivity index (χ2n) is 7.86. The van der Waals surface area contributed by atoms with Crippen molar-refractivity contribution in [2.75, 3.05) is 0 Å². The lowest BCUT2D eigenvalue weighted by Gasteiger charge is -2.31. The summed E-state index contributed by atoms with van der Waals surface area (Å²) in [5.41, 5.74) is 1.50. The molecule has 1 aromatic rings. The molecule has 0 amide bonds. The molecule has 0 spiro atoms. The van der Waals surface area contributed by atoms with E-state index in [9.17, 15) is 5.11 Å². The van der Waals surface area contributed by atoms with Crippen LogP contribution in [0.5, 0.6) is 0 Å². The van der Waals surface area contributed by atoms with Crippen molar-refractivity contribution in [3.63, 3.8) is 0 Å². The molecule has 0 aromatic carbocycles. The van der Waals surface area contributed by atoms with Crippen molar-refractivity contribution in [3.05, 3.63) is 16.4 Å². The van der Waals surface area contributed by atoms with Crippen molar-refractivity contribution >= 4 is 11.6 Å². The molecule has 1 aromatic heterocycles. The Kier molecular flexibility index (Phi) is 4.75. The zero-order valence-corrected chi connectivity index (χ0v) is 14.8. The van der Waals surface area contributed by atoms with E-state index in [1.165, 1.54) is 6.42 Å². The number of aliphatic hydroxyl groups is 1. The molecule has 2 atom stereocenters.